The van der Waals surface area contributed by atoms with Gasteiger partial charge in [-0.2, -0.15) is 0 Å². The van der Waals surface area contributed by atoms with Crippen LogP contribution < -0.4 is 5.73 Å². The van der Waals surface area contributed by atoms with Gasteiger partial charge in [-0.25, -0.2) is 8.42 Å². The van der Waals surface area contributed by atoms with Gasteiger partial charge in [0.2, 0.25) is 0 Å². The van der Waals surface area contributed by atoms with E-state index in [0.717, 1.165) is 0 Å². The summed E-state index contributed by atoms with van der Waals surface area (Å²) in [5.41, 5.74) is 5.25. The fourth-order valence-electron chi connectivity index (χ4n) is 1.29. The number of halogens is 1. The van der Waals surface area contributed by atoms with Crippen LogP contribution in [0.4, 0.5) is 5.69 Å². The monoisotopic (exact) mass is 293 g/mol. The third-order valence-corrected chi connectivity index (χ3v) is 4.12. The number of ether oxygens (including phenoxy) is 1. The molecule has 0 aliphatic heterocycles. The lowest BCUT2D eigenvalue weighted by atomic mass is 10.3. The van der Waals surface area contributed by atoms with Crippen molar-refractivity contribution in [2.24, 2.45) is 0 Å². The van der Waals surface area contributed by atoms with Crippen LogP contribution >= 0.6 is 11.6 Å². The van der Waals surface area contributed by atoms with Gasteiger partial charge in [0.05, 0.1) is 17.3 Å². The molecule has 0 aliphatic carbocycles. The van der Waals surface area contributed by atoms with Crippen LogP contribution in [0.1, 0.15) is 6.92 Å². The SMILES string of the molecule is CCOC(=O)CS(=O)(=O)c1c(Cl)ccc(N)c1O. The van der Waals surface area contributed by atoms with Gasteiger partial charge in [-0.15, -0.1) is 0 Å². The molecule has 1 rings (SSSR count). The molecule has 8 heteroatoms. The van der Waals surface area contributed by atoms with Crippen LogP contribution in [0.5, 0.6) is 5.75 Å². The van der Waals surface area contributed by atoms with Crippen molar-refractivity contribution in [3.8, 4) is 5.75 Å². The maximum absolute atomic E-state index is 11.9. The molecule has 0 aliphatic rings. The summed E-state index contributed by atoms with van der Waals surface area (Å²) in [5, 5.41) is 9.41. The summed E-state index contributed by atoms with van der Waals surface area (Å²) in [4.78, 5) is 10.6. The minimum absolute atomic E-state index is 0.0605. The fourth-order valence-corrected chi connectivity index (χ4v) is 3.11. The van der Waals surface area contributed by atoms with Crippen LogP contribution in [-0.4, -0.2) is 31.9 Å². The van der Waals surface area contributed by atoms with Crippen LogP contribution in [0.3, 0.4) is 0 Å². The van der Waals surface area contributed by atoms with Crippen molar-refractivity contribution < 1.29 is 23.1 Å². The number of aromatic hydroxyl groups is 1. The van der Waals surface area contributed by atoms with Crippen LogP contribution in [0, 0.1) is 0 Å². The van der Waals surface area contributed by atoms with E-state index in [1.807, 2.05) is 0 Å². The van der Waals surface area contributed by atoms with Gasteiger partial charge in [-0.1, -0.05) is 11.6 Å². The van der Waals surface area contributed by atoms with Gasteiger partial charge in [0.25, 0.3) is 0 Å². The van der Waals surface area contributed by atoms with Gasteiger partial charge in [0.1, 0.15) is 4.90 Å². The molecule has 0 atom stereocenters. The number of hydrogen-bond acceptors (Lipinski definition) is 6. The number of rotatable bonds is 4. The molecule has 0 unspecified atom stereocenters. The van der Waals surface area contributed by atoms with Crippen molar-refractivity contribution >= 4 is 33.1 Å². The molecule has 1 aromatic rings. The predicted octanol–water partition coefficient (Wildman–Crippen LogP) is 0.965. The first kappa shape index (κ1) is 14.6. The second-order valence-electron chi connectivity index (χ2n) is 3.38. The molecule has 0 bridgehead atoms. The van der Waals surface area contributed by atoms with Gasteiger partial charge in [0.15, 0.2) is 21.3 Å². The standard InChI is InChI=1S/C10H12ClNO5S/c1-2-17-8(13)5-18(15,16)10-6(11)3-4-7(12)9(10)14/h3-4,14H,2,5,12H2,1H3. The average molecular weight is 294 g/mol. The van der Waals surface area contributed by atoms with Crippen molar-refractivity contribution in [2.75, 3.05) is 18.1 Å². The Morgan fingerprint density at radius 2 is 2.11 bits per heavy atom. The Balaban J connectivity index is 3.21. The number of sulfone groups is 1. The Bertz CT molecular complexity index is 570. The number of nitrogen functional groups attached to an aromatic ring is 1. The molecule has 0 amide bonds. The van der Waals surface area contributed by atoms with Crippen molar-refractivity contribution in [3.05, 3.63) is 17.2 Å². The molecule has 0 saturated carbocycles. The van der Waals surface area contributed by atoms with Crippen molar-refractivity contribution in [1.82, 2.24) is 0 Å². The second-order valence-corrected chi connectivity index (χ2v) is 5.71. The van der Waals surface area contributed by atoms with Crippen LogP contribution in [0.15, 0.2) is 17.0 Å². The zero-order valence-corrected chi connectivity index (χ0v) is 11.1. The number of nitrogens with two attached hydrogens (primary N) is 1. The first-order valence-electron chi connectivity index (χ1n) is 4.95. The van der Waals surface area contributed by atoms with Crippen LogP contribution in [-0.2, 0) is 19.4 Å². The molecule has 1 aromatic carbocycles. The lowest BCUT2D eigenvalue weighted by molar-refractivity contribution is -0.139. The van der Waals surface area contributed by atoms with Crippen molar-refractivity contribution in [1.29, 1.82) is 0 Å². The summed E-state index contributed by atoms with van der Waals surface area (Å²) in [6, 6.07) is 2.50. The Labute approximate surface area is 109 Å². The molecule has 0 fully saturated rings. The molecular formula is C10H12ClNO5S. The van der Waals surface area contributed by atoms with Gasteiger partial charge in [-0.05, 0) is 19.1 Å². The number of hydrogen-bond donors (Lipinski definition) is 2. The number of anilines is 1. The first-order chi connectivity index (χ1) is 8.29. The first-order valence-corrected chi connectivity index (χ1v) is 6.98. The number of esters is 1. The summed E-state index contributed by atoms with van der Waals surface area (Å²) in [6.45, 7) is 1.61. The molecule has 0 saturated heterocycles. The van der Waals surface area contributed by atoms with E-state index in [0.29, 0.717) is 0 Å². The van der Waals surface area contributed by atoms with Gasteiger partial charge < -0.3 is 15.6 Å². The third kappa shape index (κ3) is 3.05. The third-order valence-electron chi connectivity index (χ3n) is 2.04. The van der Waals surface area contributed by atoms with E-state index in [4.69, 9.17) is 17.3 Å². The van der Waals surface area contributed by atoms with E-state index in [2.05, 4.69) is 4.74 Å². The van der Waals surface area contributed by atoms with Gasteiger partial charge in [0, 0.05) is 0 Å². The van der Waals surface area contributed by atoms with Crippen molar-refractivity contribution in [2.45, 2.75) is 11.8 Å². The van der Waals surface area contributed by atoms with E-state index >= 15 is 0 Å². The Morgan fingerprint density at radius 3 is 2.67 bits per heavy atom. The second kappa shape index (κ2) is 5.45. The molecule has 0 spiro atoms. The lowest BCUT2D eigenvalue weighted by Crippen LogP contribution is -2.19. The quantitative estimate of drug-likeness (QED) is 0.486. The molecule has 0 radical (unpaired) electrons. The maximum Gasteiger partial charge on any atom is 0.321 e. The highest BCUT2D eigenvalue weighted by Gasteiger charge is 2.27. The summed E-state index contributed by atoms with van der Waals surface area (Å²) < 4.78 is 28.4. The highest BCUT2D eigenvalue weighted by molar-refractivity contribution is 7.92. The Hall–Kier alpha value is -1.47. The van der Waals surface area contributed by atoms with E-state index in [1.54, 1.807) is 6.92 Å². The molecule has 6 nitrogen and oxygen atoms in total. The summed E-state index contributed by atoms with van der Waals surface area (Å²) in [7, 11) is -4.10. The highest BCUT2D eigenvalue weighted by Crippen LogP contribution is 2.35. The lowest BCUT2D eigenvalue weighted by Gasteiger charge is -2.09. The number of carbonyl (C=O) groups excluding carboxylic acids is 1. The zero-order chi connectivity index (χ0) is 13.9. The average Bonchev–Trinajstić information content (AvgIpc) is 2.23. The highest BCUT2D eigenvalue weighted by atomic mass is 35.5. The Kier molecular flexibility index (Phi) is 4.42. The molecule has 100 valence electrons. The minimum atomic E-state index is -4.10. The molecule has 0 heterocycles. The van der Waals surface area contributed by atoms with Gasteiger partial charge in [-0.3, -0.25) is 4.79 Å². The number of phenolic OH excluding ortho intramolecular Hbond substituents is 1. The molecule has 3 N–H and O–H groups in total. The number of benzene rings is 1. The van der Waals surface area contributed by atoms with Gasteiger partial charge >= 0.3 is 5.97 Å². The summed E-state index contributed by atoms with van der Waals surface area (Å²) >= 11 is 5.70. The van der Waals surface area contributed by atoms with E-state index in [1.165, 1.54) is 12.1 Å². The zero-order valence-electron chi connectivity index (χ0n) is 9.51. The topological polar surface area (TPSA) is 107 Å². The normalized spacial score (nSPS) is 11.2. The molecular weight excluding hydrogens is 282 g/mol. The molecule has 18 heavy (non-hydrogen) atoms. The van der Waals surface area contributed by atoms with E-state index in [-0.39, 0.29) is 17.3 Å². The summed E-state index contributed by atoms with van der Waals surface area (Å²) in [6.07, 6.45) is 0. The van der Waals surface area contributed by atoms with E-state index in [9.17, 15) is 18.3 Å². The smallest absolute Gasteiger partial charge is 0.321 e. The fraction of sp³-hybridized carbons (Fsp3) is 0.300. The largest absolute Gasteiger partial charge is 0.504 e. The van der Waals surface area contributed by atoms with Crippen molar-refractivity contribution in [3.63, 3.8) is 0 Å². The number of phenols is 1. The Morgan fingerprint density at radius 1 is 1.50 bits per heavy atom. The minimum Gasteiger partial charge on any atom is -0.504 e. The molecule has 0 aromatic heterocycles. The predicted molar refractivity (Wildman–Crippen MR) is 66.2 cm³/mol. The maximum atomic E-state index is 11.9. The van der Waals surface area contributed by atoms with Crippen LogP contribution in [0.2, 0.25) is 5.02 Å². The summed E-state index contributed by atoms with van der Waals surface area (Å²) in [5.74, 6) is -2.49. The van der Waals surface area contributed by atoms with Crippen LogP contribution in [0.25, 0.3) is 0 Å². The van der Waals surface area contributed by atoms with E-state index < -0.39 is 32.2 Å². The number of carbonyl (C=O) groups is 1.